The van der Waals surface area contributed by atoms with Crippen molar-refractivity contribution < 1.29 is 4.39 Å². The van der Waals surface area contributed by atoms with Gasteiger partial charge in [-0.1, -0.05) is 12.1 Å². The van der Waals surface area contributed by atoms with Crippen LogP contribution in [0.25, 0.3) is 0 Å². The van der Waals surface area contributed by atoms with Gasteiger partial charge in [0.05, 0.1) is 6.54 Å². The predicted octanol–water partition coefficient (Wildman–Crippen LogP) is 3.18. The van der Waals surface area contributed by atoms with Crippen LogP contribution < -0.4 is 5.32 Å². The summed E-state index contributed by atoms with van der Waals surface area (Å²) in [6.45, 7) is 9.62. The molecule has 0 aliphatic heterocycles. The van der Waals surface area contributed by atoms with Gasteiger partial charge in [0.1, 0.15) is 5.82 Å². The molecular formula is C17H30FIN4. The lowest BCUT2D eigenvalue weighted by Gasteiger charge is -2.23. The van der Waals surface area contributed by atoms with Gasteiger partial charge in [0.2, 0.25) is 0 Å². The summed E-state index contributed by atoms with van der Waals surface area (Å²) < 4.78 is 13.0. The zero-order valence-corrected chi connectivity index (χ0v) is 17.2. The average molecular weight is 436 g/mol. The Morgan fingerprint density at radius 2 is 1.83 bits per heavy atom. The Morgan fingerprint density at radius 3 is 2.35 bits per heavy atom. The molecule has 0 fully saturated rings. The van der Waals surface area contributed by atoms with Gasteiger partial charge in [0.15, 0.2) is 5.96 Å². The number of benzene rings is 1. The van der Waals surface area contributed by atoms with Crippen molar-refractivity contribution in [1.29, 1.82) is 0 Å². The number of aliphatic imine (C=N–C) groups is 1. The van der Waals surface area contributed by atoms with Crippen LogP contribution in [0.15, 0.2) is 29.3 Å². The molecule has 0 aliphatic carbocycles. The van der Waals surface area contributed by atoms with E-state index in [1.807, 2.05) is 19.2 Å². The third kappa shape index (κ3) is 8.50. The summed E-state index contributed by atoms with van der Waals surface area (Å²) in [5, 5.41) is 3.30. The molecule has 4 nitrogen and oxygen atoms in total. The van der Waals surface area contributed by atoms with Gasteiger partial charge in [-0.25, -0.2) is 4.39 Å². The predicted molar refractivity (Wildman–Crippen MR) is 107 cm³/mol. The van der Waals surface area contributed by atoms with Crippen LogP contribution in [0, 0.1) is 5.82 Å². The molecule has 0 unspecified atom stereocenters. The highest BCUT2D eigenvalue weighted by Gasteiger charge is 2.07. The third-order valence-corrected chi connectivity index (χ3v) is 3.63. The number of halogens is 2. The first-order chi connectivity index (χ1) is 10.4. The highest BCUT2D eigenvalue weighted by Crippen LogP contribution is 2.05. The number of guanidine groups is 1. The molecule has 0 bridgehead atoms. The van der Waals surface area contributed by atoms with E-state index in [0.717, 1.165) is 31.2 Å². The first-order valence-corrected chi connectivity index (χ1v) is 7.88. The molecular weight excluding hydrogens is 406 g/mol. The van der Waals surface area contributed by atoms with Gasteiger partial charge in [0.25, 0.3) is 0 Å². The molecule has 0 aromatic heterocycles. The number of likely N-dealkylation sites (N-methyl/N-ethyl adjacent to an activating group) is 1. The van der Waals surface area contributed by atoms with E-state index in [4.69, 9.17) is 0 Å². The van der Waals surface area contributed by atoms with Crippen molar-refractivity contribution >= 4 is 29.9 Å². The molecule has 23 heavy (non-hydrogen) atoms. The normalized spacial score (nSPS) is 11.6. The summed E-state index contributed by atoms with van der Waals surface area (Å²) in [6.07, 6.45) is 0. The minimum atomic E-state index is -0.205. The minimum Gasteiger partial charge on any atom is -0.357 e. The van der Waals surface area contributed by atoms with E-state index in [-0.39, 0.29) is 29.8 Å². The van der Waals surface area contributed by atoms with Crippen LogP contribution in [-0.2, 0) is 6.54 Å². The molecule has 1 aromatic rings. The quantitative estimate of drug-likeness (QED) is 0.405. The van der Waals surface area contributed by atoms with Crippen molar-refractivity contribution in [2.75, 3.05) is 33.7 Å². The van der Waals surface area contributed by atoms with Crippen LogP contribution in [0.4, 0.5) is 4.39 Å². The van der Waals surface area contributed by atoms with Gasteiger partial charge in [0, 0.05) is 32.7 Å². The van der Waals surface area contributed by atoms with Crippen LogP contribution >= 0.6 is 24.0 Å². The fourth-order valence-corrected chi connectivity index (χ4v) is 1.98. The molecule has 0 saturated carbocycles. The molecule has 0 saturated heterocycles. The Hall–Kier alpha value is -0.890. The lowest BCUT2D eigenvalue weighted by Crippen LogP contribution is -2.39. The number of nitrogens with one attached hydrogen (secondary N) is 1. The summed E-state index contributed by atoms with van der Waals surface area (Å²) in [6, 6.07) is 7.12. The van der Waals surface area contributed by atoms with Crippen LogP contribution in [0.2, 0.25) is 0 Å². The standard InChI is InChI=1S/C17H29FN4.HI/c1-6-19-17(20-11-12-21(4)14(2)3)22(5)13-15-7-9-16(18)10-8-15;/h7-10,14H,6,11-13H2,1-5H3,(H,19,20);1H. The monoisotopic (exact) mass is 436 g/mol. The Labute approximate surface area is 157 Å². The van der Waals surface area contributed by atoms with Crippen LogP contribution in [0.1, 0.15) is 26.3 Å². The molecule has 0 amide bonds. The van der Waals surface area contributed by atoms with Gasteiger partial charge >= 0.3 is 0 Å². The molecule has 0 spiro atoms. The highest BCUT2D eigenvalue weighted by molar-refractivity contribution is 14.0. The highest BCUT2D eigenvalue weighted by atomic mass is 127. The topological polar surface area (TPSA) is 30.9 Å². The van der Waals surface area contributed by atoms with Crippen molar-refractivity contribution in [2.45, 2.75) is 33.4 Å². The Balaban J connectivity index is 0.00000484. The van der Waals surface area contributed by atoms with Gasteiger partial charge in [-0.15, -0.1) is 24.0 Å². The van der Waals surface area contributed by atoms with Crippen molar-refractivity contribution in [1.82, 2.24) is 15.1 Å². The van der Waals surface area contributed by atoms with Gasteiger partial charge in [-0.2, -0.15) is 0 Å². The summed E-state index contributed by atoms with van der Waals surface area (Å²) in [5.74, 6) is 0.674. The largest absolute Gasteiger partial charge is 0.357 e. The summed E-state index contributed by atoms with van der Waals surface area (Å²) in [4.78, 5) is 9.00. The summed E-state index contributed by atoms with van der Waals surface area (Å²) >= 11 is 0. The van der Waals surface area contributed by atoms with Crippen LogP contribution in [-0.4, -0.2) is 55.5 Å². The number of hydrogen-bond acceptors (Lipinski definition) is 2. The number of rotatable bonds is 7. The summed E-state index contributed by atoms with van der Waals surface area (Å²) in [5.41, 5.74) is 1.06. The Kier molecular flexibility index (Phi) is 11.2. The Bertz CT molecular complexity index is 462. The van der Waals surface area contributed by atoms with Crippen molar-refractivity contribution in [3.63, 3.8) is 0 Å². The zero-order valence-electron chi connectivity index (χ0n) is 14.8. The lowest BCUT2D eigenvalue weighted by molar-refractivity contribution is 0.281. The van der Waals surface area contributed by atoms with Crippen molar-refractivity contribution in [3.8, 4) is 0 Å². The average Bonchev–Trinajstić information content (AvgIpc) is 2.48. The van der Waals surface area contributed by atoms with Crippen molar-refractivity contribution in [3.05, 3.63) is 35.6 Å². The SMILES string of the molecule is CCNC(=NCCN(C)C(C)C)N(C)Cc1ccc(F)cc1.I. The molecule has 1 aromatic carbocycles. The smallest absolute Gasteiger partial charge is 0.194 e. The van der Waals surface area contributed by atoms with E-state index in [9.17, 15) is 4.39 Å². The van der Waals surface area contributed by atoms with E-state index < -0.39 is 0 Å². The van der Waals surface area contributed by atoms with Gasteiger partial charge < -0.3 is 15.1 Å². The van der Waals surface area contributed by atoms with Gasteiger partial charge in [-0.05, 0) is 45.5 Å². The van der Waals surface area contributed by atoms with E-state index in [1.54, 1.807) is 0 Å². The molecule has 1 rings (SSSR count). The van der Waals surface area contributed by atoms with Crippen molar-refractivity contribution in [2.24, 2.45) is 4.99 Å². The molecule has 0 heterocycles. The molecule has 6 heteroatoms. The first-order valence-electron chi connectivity index (χ1n) is 7.88. The van der Waals surface area contributed by atoms with Crippen LogP contribution in [0.3, 0.4) is 0 Å². The lowest BCUT2D eigenvalue weighted by atomic mass is 10.2. The maximum Gasteiger partial charge on any atom is 0.194 e. The van der Waals surface area contributed by atoms with E-state index in [2.05, 4.69) is 47.9 Å². The second-order valence-electron chi connectivity index (χ2n) is 5.79. The molecule has 1 N–H and O–H groups in total. The second-order valence-corrected chi connectivity index (χ2v) is 5.79. The zero-order chi connectivity index (χ0) is 16.5. The fourth-order valence-electron chi connectivity index (χ4n) is 1.98. The number of nitrogens with zero attached hydrogens (tertiary/aromatic N) is 3. The minimum absolute atomic E-state index is 0. The fraction of sp³-hybridized carbons (Fsp3) is 0.588. The molecule has 0 atom stereocenters. The van der Waals surface area contributed by atoms with Crippen LogP contribution in [0.5, 0.6) is 0 Å². The van der Waals surface area contributed by atoms with E-state index >= 15 is 0 Å². The number of hydrogen-bond donors (Lipinski definition) is 1. The molecule has 0 radical (unpaired) electrons. The van der Waals surface area contributed by atoms with E-state index in [1.165, 1.54) is 12.1 Å². The van der Waals surface area contributed by atoms with E-state index in [0.29, 0.717) is 12.6 Å². The maximum absolute atomic E-state index is 13.0. The summed E-state index contributed by atoms with van der Waals surface area (Å²) in [7, 11) is 4.10. The van der Waals surface area contributed by atoms with Gasteiger partial charge in [-0.3, -0.25) is 4.99 Å². The maximum atomic E-state index is 13.0. The molecule has 132 valence electrons. The Morgan fingerprint density at radius 1 is 1.22 bits per heavy atom. The second kappa shape index (κ2) is 11.6. The first kappa shape index (κ1) is 22.1. The third-order valence-electron chi connectivity index (χ3n) is 3.63. The molecule has 0 aliphatic rings.